The zero-order valence-electron chi connectivity index (χ0n) is 20.8. The van der Waals surface area contributed by atoms with Crippen LogP contribution in [0.3, 0.4) is 0 Å². The van der Waals surface area contributed by atoms with Crippen molar-refractivity contribution in [3.05, 3.63) is 115 Å². The highest BCUT2D eigenvalue weighted by atomic mass is 35.5. The summed E-state index contributed by atoms with van der Waals surface area (Å²) in [6.07, 6.45) is 0. The molecule has 5 aromatic rings. The van der Waals surface area contributed by atoms with E-state index in [1.54, 1.807) is 36.1 Å². The van der Waals surface area contributed by atoms with Gasteiger partial charge in [-0.3, -0.25) is 19.3 Å². The average molecular weight is 555 g/mol. The van der Waals surface area contributed by atoms with Gasteiger partial charge in [0.15, 0.2) is 11.0 Å². The Morgan fingerprint density at radius 3 is 2.51 bits per heavy atom. The van der Waals surface area contributed by atoms with E-state index in [0.29, 0.717) is 21.3 Å². The van der Waals surface area contributed by atoms with Gasteiger partial charge in [0.2, 0.25) is 10.9 Å². The lowest BCUT2D eigenvalue weighted by Crippen LogP contribution is -2.53. The van der Waals surface area contributed by atoms with Crippen molar-refractivity contribution < 1.29 is 14.0 Å². The van der Waals surface area contributed by atoms with Crippen LogP contribution in [0.25, 0.3) is 11.0 Å². The Labute approximate surface area is 231 Å². The molecule has 0 aliphatic carbocycles. The first kappa shape index (κ1) is 23.8. The molecule has 4 heterocycles. The smallest absolute Gasteiger partial charge is 0.297 e. The van der Waals surface area contributed by atoms with Crippen LogP contribution in [0.4, 0.5) is 10.8 Å². The van der Waals surface area contributed by atoms with Gasteiger partial charge in [0.1, 0.15) is 10.6 Å². The highest BCUT2D eigenvalue weighted by Crippen LogP contribution is 2.54. The lowest BCUT2D eigenvalue weighted by Gasteiger charge is -2.32. The first-order valence-electron chi connectivity index (χ1n) is 12.2. The fraction of sp³-hybridized carbons (Fsp3) is 0.138. The number of halogens is 1. The van der Waals surface area contributed by atoms with Crippen LogP contribution in [0.5, 0.6) is 0 Å². The summed E-state index contributed by atoms with van der Waals surface area (Å²) in [6.45, 7) is 3.99. The summed E-state index contributed by atoms with van der Waals surface area (Å²) < 4.78 is 6.07. The van der Waals surface area contributed by atoms with Gasteiger partial charge in [0, 0.05) is 10.6 Å². The second kappa shape index (κ2) is 8.33. The van der Waals surface area contributed by atoms with E-state index >= 15 is 0 Å². The van der Waals surface area contributed by atoms with Crippen molar-refractivity contribution >= 4 is 56.5 Å². The fourth-order valence-corrected chi connectivity index (χ4v) is 6.54. The third kappa shape index (κ3) is 3.14. The predicted molar refractivity (Wildman–Crippen MR) is 149 cm³/mol. The summed E-state index contributed by atoms with van der Waals surface area (Å²) in [4.78, 5) is 46.1. The number of carbonyl (C=O) groups is 2. The molecule has 2 amide bonds. The summed E-state index contributed by atoms with van der Waals surface area (Å²) in [5.74, 6) is -1.26. The molecule has 7 rings (SSSR count). The van der Waals surface area contributed by atoms with Crippen molar-refractivity contribution in [2.24, 2.45) is 0 Å². The van der Waals surface area contributed by atoms with E-state index in [1.165, 1.54) is 11.0 Å². The molecular formula is C29H19ClN4O4S. The Morgan fingerprint density at radius 1 is 0.974 bits per heavy atom. The predicted octanol–water partition coefficient (Wildman–Crippen LogP) is 5.37. The normalized spacial score (nSPS) is 17.9. The summed E-state index contributed by atoms with van der Waals surface area (Å²) >= 11 is 7.40. The monoisotopic (exact) mass is 554 g/mol. The molecule has 0 radical (unpaired) electrons. The lowest BCUT2D eigenvalue weighted by molar-refractivity contribution is -0.121. The molecule has 0 fully saturated rings. The van der Waals surface area contributed by atoms with Crippen LogP contribution in [0.2, 0.25) is 5.02 Å². The summed E-state index contributed by atoms with van der Waals surface area (Å²) in [5, 5.41) is 9.67. The number of hydrogen-bond acceptors (Lipinski definition) is 7. The zero-order valence-corrected chi connectivity index (χ0v) is 22.3. The van der Waals surface area contributed by atoms with Crippen molar-refractivity contribution in [1.82, 2.24) is 10.2 Å². The number of aryl methyl sites for hydroxylation is 2. The number of fused-ring (bicyclic) bond motifs is 5. The summed E-state index contributed by atoms with van der Waals surface area (Å²) in [7, 11) is 0. The molecule has 0 saturated heterocycles. The van der Waals surface area contributed by atoms with Gasteiger partial charge >= 0.3 is 0 Å². The number of nitrogens with zero attached hydrogens (tertiary/aromatic N) is 4. The lowest BCUT2D eigenvalue weighted by atomic mass is 9.84. The minimum atomic E-state index is -1.82. The molecule has 3 aromatic carbocycles. The van der Waals surface area contributed by atoms with Crippen molar-refractivity contribution in [3.63, 3.8) is 0 Å². The van der Waals surface area contributed by atoms with Crippen molar-refractivity contribution in [2.75, 3.05) is 9.80 Å². The summed E-state index contributed by atoms with van der Waals surface area (Å²) in [5.41, 5.74) is 0.903. The van der Waals surface area contributed by atoms with Crippen LogP contribution in [0.1, 0.15) is 37.8 Å². The number of rotatable bonds is 3. The van der Waals surface area contributed by atoms with Crippen LogP contribution in [0.15, 0.2) is 75.9 Å². The van der Waals surface area contributed by atoms with E-state index in [2.05, 4.69) is 10.2 Å². The molecule has 1 unspecified atom stereocenters. The second-order valence-electron chi connectivity index (χ2n) is 9.57. The number of hydrogen-bond donors (Lipinski definition) is 0. The number of amides is 2. The molecule has 0 N–H and O–H groups in total. The van der Waals surface area contributed by atoms with E-state index in [-0.39, 0.29) is 34.0 Å². The molecule has 8 nitrogen and oxygen atoms in total. The molecule has 10 heteroatoms. The van der Waals surface area contributed by atoms with Gasteiger partial charge in [-0.05, 0) is 49.2 Å². The van der Waals surface area contributed by atoms with E-state index in [4.69, 9.17) is 16.0 Å². The molecule has 2 aromatic heterocycles. The number of benzene rings is 3. The third-order valence-corrected chi connectivity index (χ3v) is 8.44. The maximum Gasteiger partial charge on any atom is 0.297 e. The summed E-state index contributed by atoms with van der Waals surface area (Å²) in [6, 6.07) is 19.6. The van der Waals surface area contributed by atoms with E-state index in [0.717, 1.165) is 22.5 Å². The zero-order chi connectivity index (χ0) is 27.1. The Balaban J connectivity index is 1.57. The molecule has 1 atom stereocenters. The Bertz CT molecular complexity index is 1930. The minimum Gasteiger partial charge on any atom is -0.450 e. The second-order valence-corrected chi connectivity index (χ2v) is 11.2. The molecular weight excluding hydrogens is 536 g/mol. The Hall–Kier alpha value is -4.34. The topological polar surface area (TPSA) is 96.6 Å². The van der Waals surface area contributed by atoms with Gasteiger partial charge in [-0.2, -0.15) is 0 Å². The molecule has 2 aliphatic rings. The maximum absolute atomic E-state index is 14.8. The highest BCUT2D eigenvalue weighted by Gasteiger charge is 2.66. The van der Waals surface area contributed by atoms with Gasteiger partial charge < -0.3 is 9.32 Å². The molecule has 39 heavy (non-hydrogen) atoms. The van der Waals surface area contributed by atoms with Crippen molar-refractivity contribution in [2.45, 2.75) is 25.9 Å². The Kier molecular flexibility index (Phi) is 5.07. The van der Waals surface area contributed by atoms with Crippen LogP contribution >= 0.6 is 22.9 Å². The largest absolute Gasteiger partial charge is 0.450 e. The molecule has 0 bridgehead atoms. The van der Waals surface area contributed by atoms with Gasteiger partial charge in [-0.15, -0.1) is 10.2 Å². The number of aromatic nitrogens is 2. The molecule has 1 spiro atoms. The fourth-order valence-electron chi connectivity index (χ4n) is 5.63. The Morgan fingerprint density at radius 2 is 1.74 bits per heavy atom. The van der Waals surface area contributed by atoms with E-state index in [9.17, 15) is 14.4 Å². The average Bonchev–Trinajstić information content (AvgIpc) is 3.54. The number of anilines is 2. The number of carbonyl (C=O) groups excluding carboxylic acids is 2. The minimum absolute atomic E-state index is 0.0418. The van der Waals surface area contributed by atoms with Gasteiger partial charge in [0.25, 0.3) is 11.8 Å². The van der Waals surface area contributed by atoms with Crippen LogP contribution in [-0.4, -0.2) is 22.0 Å². The van der Waals surface area contributed by atoms with E-state index in [1.807, 2.05) is 43.3 Å². The quantitative estimate of drug-likeness (QED) is 0.298. The molecule has 0 saturated carbocycles. The first-order valence-corrected chi connectivity index (χ1v) is 13.4. The highest BCUT2D eigenvalue weighted by molar-refractivity contribution is 7.15. The van der Waals surface area contributed by atoms with Crippen molar-refractivity contribution in [1.29, 1.82) is 0 Å². The number of para-hydroxylation sites is 1. The van der Waals surface area contributed by atoms with Crippen molar-refractivity contribution in [3.8, 4) is 0 Å². The van der Waals surface area contributed by atoms with Crippen LogP contribution < -0.4 is 15.2 Å². The van der Waals surface area contributed by atoms with Gasteiger partial charge in [0.05, 0.1) is 23.2 Å². The van der Waals surface area contributed by atoms with Crippen LogP contribution in [0, 0.1) is 13.8 Å². The van der Waals surface area contributed by atoms with E-state index < -0.39 is 22.8 Å². The van der Waals surface area contributed by atoms with Crippen LogP contribution in [-0.2, 0) is 16.9 Å². The molecule has 192 valence electrons. The standard InChI is InChI=1S/C29H19ClN4O4S/c1-15-7-3-4-8-17(15)14-33-21-10-6-5-9-20(21)29(27(33)37)23-24(35)19-13-18(30)11-12-22(19)38-25(23)26(36)34(29)28-32-31-16(2)39-28/h3-13H,14H2,1-2H3. The maximum atomic E-state index is 14.8. The third-order valence-electron chi connectivity index (χ3n) is 7.38. The van der Waals surface area contributed by atoms with Gasteiger partial charge in [-0.25, -0.2) is 0 Å². The van der Waals surface area contributed by atoms with Gasteiger partial charge in [-0.1, -0.05) is 65.4 Å². The SMILES string of the molecule is Cc1nnc(N2C(=O)c3oc4ccc(Cl)cc4c(=O)c3C23C(=O)N(Cc2ccccc2C)c2ccccc23)s1. The molecule has 2 aliphatic heterocycles. The first-order chi connectivity index (χ1) is 18.8.